The average Bonchev–Trinajstić information content (AvgIpc) is 3.22. The molecule has 0 radical (unpaired) electrons. The van der Waals surface area contributed by atoms with E-state index >= 15 is 0 Å². The number of guanidine groups is 1. The Bertz CT molecular complexity index is 827. The highest BCUT2D eigenvalue weighted by atomic mass is 15.2. The van der Waals surface area contributed by atoms with Crippen LogP contribution in [0.5, 0.6) is 0 Å². The van der Waals surface area contributed by atoms with E-state index in [4.69, 9.17) is 4.99 Å². The second-order valence-electron chi connectivity index (χ2n) is 6.01. The van der Waals surface area contributed by atoms with Crippen molar-refractivity contribution in [2.45, 2.75) is 26.4 Å². The maximum absolute atomic E-state index is 4.72. The molecule has 0 fully saturated rings. The van der Waals surface area contributed by atoms with Gasteiger partial charge in [0.05, 0.1) is 12.6 Å². The van der Waals surface area contributed by atoms with Gasteiger partial charge in [-0.1, -0.05) is 48.5 Å². The number of rotatable bonds is 6. The summed E-state index contributed by atoms with van der Waals surface area (Å²) in [5.74, 6) is 1.56. The van der Waals surface area contributed by atoms with E-state index in [2.05, 4.69) is 63.9 Å². The third-order valence-corrected chi connectivity index (χ3v) is 4.03. The molecule has 134 valence electrons. The maximum Gasteiger partial charge on any atom is 0.192 e. The van der Waals surface area contributed by atoms with E-state index in [1.165, 1.54) is 11.9 Å². The van der Waals surface area contributed by atoms with Gasteiger partial charge in [-0.15, -0.1) is 0 Å². The predicted molar refractivity (Wildman–Crippen MR) is 105 cm³/mol. The van der Waals surface area contributed by atoms with Gasteiger partial charge in [-0.25, -0.2) is 9.98 Å². The summed E-state index contributed by atoms with van der Waals surface area (Å²) in [7, 11) is 0. The Morgan fingerprint density at radius 1 is 1.15 bits per heavy atom. The third kappa shape index (κ3) is 4.69. The monoisotopic (exact) mass is 348 g/mol. The van der Waals surface area contributed by atoms with Crippen LogP contribution in [0.1, 0.15) is 31.0 Å². The first-order valence-electron chi connectivity index (χ1n) is 8.80. The lowest BCUT2D eigenvalue weighted by atomic mass is 10.1. The van der Waals surface area contributed by atoms with Crippen LogP contribution in [-0.4, -0.2) is 27.7 Å². The summed E-state index contributed by atoms with van der Waals surface area (Å²) in [6.07, 6.45) is 1.51. The molecule has 0 saturated heterocycles. The average molecular weight is 348 g/mol. The van der Waals surface area contributed by atoms with Crippen LogP contribution in [0.4, 0.5) is 0 Å². The third-order valence-electron chi connectivity index (χ3n) is 4.03. The largest absolute Gasteiger partial charge is 0.357 e. The summed E-state index contributed by atoms with van der Waals surface area (Å²) in [6.45, 7) is 5.59. The summed E-state index contributed by atoms with van der Waals surface area (Å²) in [5.41, 5.74) is 3.35. The second kappa shape index (κ2) is 8.80. The molecule has 6 nitrogen and oxygen atoms in total. The summed E-state index contributed by atoms with van der Waals surface area (Å²) in [4.78, 5) is 8.92. The van der Waals surface area contributed by atoms with Crippen molar-refractivity contribution in [1.82, 2.24) is 25.8 Å². The molecular formula is C20H24N6. The van der Waals surface area contributed by atoms with Crippen LogP contribution in [-0.2, 0) is 6.54 Å². The van der Waals surface area contributed by atoms with Gasteiger partial charge in [0.2, 0.25) is 0 Å². The molecule has 0 aliphatic carbocycles. The van der Waals surface area contributed by atoms with Crippen molar-refractivity contribution in [1.29, 1.82) is 0 Å². The molecule has 1 atom stereocenters. The number of aromatic nitrogens is 3. The minimum Gasteiger partial charge on any atom is -0.357 e. The molecule has 0 aliphatic heterocycles. The minimum atomic E-state index is 0.175. The van der Waals surface area contributed by atoms with Crippen molar-refractivity contribution in [2.24, 2.45) is 4.99 Å². The number of benzene rings is 2. The summed E-state index contributed by atoms with van der Waals surface area (Å²) in [6, 6.07) is 18.7. The van der Waals surface area contributed by atoms with Gasteiger partial charge in [-0.05, 0) is 31.0 Å². The highest BCUT2D eigenvalue weighted by Crippen LogP contribution is 2.16. The van der Waals surface area contributed by atoms with Crippen molar-refractivity contribution in [2.75, 3.05) is 6.54 Å². The van der Waals surface area contributed by atoms with Gasteiger partial charge in [0.15, 0.2) is 11.8 Å². The Morgan fingerprint density at radius 3 is 2.73 bits per heavy atom. The van der Waals surface area contributed by atoms with Gasteiger partial charge in [-0.2, -0.15) is 5.10 Å². The van der Waals surface area contributed by atoms with E-state index < -0.39 is 0 Å². The van der Waals surface area contributed by atoms with E-state index in [0.29, 0.717) is 6.54 Å². The van der Waals surface area contributed by atoms with Gasteiger partial charge in [0.25, 0.3) is 0 Å². The van der Waals surface area contributed by atoms with Crippen molar-refractivity contribution in [3.63, 3.8) is 0 Å². The normalized spacial score (nSPS) is 12.6. The highest BCUT2D eigenvalue weighted by Gasteiger charge is 2.07. The molecule has 0 aliphatic rings. The van der Waals surface area contributed by atoms with E-state index in [-0.39, 0.29) is 6.04 Å². The molecule has 26 heavy (non-hydrogen) atoms. The Kier molecular flexibility index (Phi) is 5.98. The standard InChI is InChI=1S/C20H24N6/c1-3-21-20(25-15(2)17-9-5-4-6-10-17)22-13-16-8-7-11-18(12-16)19-23-14-24-26-19/h4-12,14-15H,3,13H2,1-2H3,(H2,21,22,25)(H,23,24,26). The zero-order chi connectivity index (χ0) is 18.2. The quantitative estimate of drug-likeness (QED) is 0.472. The van der Waals surface area contributed by atoms with Crippen LogP contribution in [0.2, 0.25) is 0 Å². The summed E-state index contributed by atoms with van der Waals surface area (Å²) in [5, 5.41) is 13.6. The van der Waals surface area contributed by atoms with Gasteiger partial charge in [-0.3, -0.25) is 5.10 Å². The number of aromatic amines is 1. The molecule has 6 heteroatoms. The molecule has 1 heterocycles. The molecule has 2 aromatic carbocycles. The van der Waals surface area contributed by atoms with Crippen LogP contribution in [0.3, 0.4) is 0 Å². The minimum absolute atomic E-state index is 0.175. The molecule has 1 aromatic heterocycles. The van der Waals surface area contributed by atoms with Crippen LogP contribution >= 0.6 is 0 Å². The summed E-state index contributed by atoms with van der Waals surface area (Å²) < 4.78 is 0. The lowest BCUT2D eigenvalue weighted by Crippen LogP contribution is -2.38. The molecule has 0 bridgehead atoms. The Hall–Kier alpha value is -3.15. The SMILES string of the molecule is CCNC(=NCc1cccc(-c2ncn[nH]2)c1)NC(C)c1ccccc1. The topological polar surface area (TPSA) is 78.0 Å². The van der Waals surface area contributed by atoms with Crippen LogP contribution in [0.25, 0.3) is 11.4 Å². The number of H-pyrrole nitrogens is 1. The van der Waals surface area contributed by atoms with Crippen LogP contribution in [0, 0.1) is 0 Å². The first-order chi connectivity index (χ1) is 12.8. The van der Waals surface area contributed by atoms with Crippen molar-refractivity contribution < 1.29 is 0 Å². The lowest BCUT2D eigenvalue weighted by molar-refractivity contribution is 0.686. The van der Waals surface area contributed by atoms with E-state index in [9.17, 15) is 0 Å². The Morgan fingerprint density at radius 2 is 2.00 bits per heavy atom. The fourth-order valence-corrected chi connectivity index (χ4v) is 2.68. The van der Waals surface area contributed by atoms with Crippen molar-refractivity contribution >= 4 is 5.96 Å². The van der Waals surface area contributed by atoms with Crippen molar-refractivity contribution in [3.05, 3.63) is 72.1 Å². The zero-order valence-corrected chi connectivity index (χ0v) is 15.1. The number of hydrogen-bond donors (Lipinski definition) is 3. The molecule has 0 spiro atoms. The first kappa shape index (κ1) is 17.7. The number of hydrogen-bond acceptors (Lipinski definition) is 3. The molecule has 3 rings (SSSR count). The maximum atomic E-state index is 4.72. The highest BCUT2D eigenvalue weighted by molar-refractivity contribution is 5.80. The molecular weight excluding hydrogens is 324 g/mol. The fraction of sp³-hybridized carbons (Fsp3) is 0.250. The van der Waals surface area contributed by atoms with E-state index in [1.807, 2.05) is 30.3 Å². The summed E-state index contributed by atoms with van der Waals surface area (Å²) >= 11 is 0. The van der Waals surface area contributed by atoms with Crippen molar-refractivity contribution in [3.8, 4) is 11.4 Å². The van der Waals surface area contributed by atoms with Gasteiger partial charge < -0.3 is 10.6 Å². The smallest absolute Gasteiger partial charge is 0.192 e. The molecule has 3 aromatic rings. The lowest BCUT2D eigenvalue weighted by Gasteiger charge is -2.18. The van der Waals surface area contributed by atoms with E-state index in [0.717, 1.165) is 29.5 Å². The van der Waals surface area contributed by atoms with Crippen LogP contribution in [0.15, 0.2) is 65.9 Å². The predicted octanol–water partition coefficient (Wildman–Crippen LogP) is 3.29. The van der Waals surface area contributed by atoms with Gasteiger partial charge in [0.1, 0.15) is 6.33 Å². The van der Waals surface area contributed by atoms with Crippen LogP contribution < -0.4 is 10.6 Å². The molecule has 0 amide bonds. The molecule has 1 unspecified atom stereocenters. The molecule has 3 N–H and O–H groups in total. The van der Waals surface area contributed by atoms with Gasteiger partial charge in [0, 0.05) is 12.1 Å². The zero-order valence-electron chi connectivity index (χ0n) is 15.1. The Balaban J connectivity index is 1.70. The van der Waals surface area contributed by atoms with Gasteiger partial charge >= 0.3 is 0 Å². The number of nitrogens with zero attached hydrogens (tertiary/aromatic N) is 3. The number of aliphatic imine (C=N–C) groups is 1. The molecule has 0 saturated carbocycles. The first-order valence-corrected chi connectivity index (χ1v) is 8.80. The fourth-order valence-electron chi connectivity index (χ4n) is 2.68. The second-order valence-corrected chi connectivity index (χ2v) is 6.01. The number of nitrogens with one attached hydrogen (secondary N) is 3. The van der Waals surface area contributed by atoms with E-state index in [1.54, 1.807) is 0 Å². The Labute approximate surface area is 153 Å².